The molecule has 1 unspecified atom stereocenters. The topological polar surface area (TPSA) is 17.8 Å². The van der Waals surface area contributed by atoms with Crippen molar-refractivity contribution in [1.82, 2.24) is 9.78 Å². The molecule has 0 fully saturated rings. The summed E-state index contributed by atoms with van der Waals surface area (Å²) in [6.07, 6.45) is 5.31. The minimum atomic E-state index is 0.537. The Bertz CT molecular complexity index is 552. The van der Waals surface area contributed by atoms with Crippen molar-refractivity contribution in [2.75, 3.05) is 0 Å². The molecule has 88 valence electrons. The average Bonchev–Trinajstić information content (AvgIpc) is 2.76. The Morgan fingerprint density at radius 1 is 1.35 bits per heavy atom. The van der Waals surface area contributed by atoms with E-state index in [4.69, 9.17) is 0 Å². The first-order valence-corrected chi connectivity index (χ1v) is 6.33. The second-order valence-corrected chi connectivity index (χ2v) is 5.36. The van der Waals surface area contributed by atoms with Crippen LogP contribution in [0.3, 0.4) is 0 Å². The largest absolute Gasteiger partial charge is 0.241 e. The average molecular weight is 226 g/mol. The maximum Gasteiger partial charge on any atom is 0.0648 e. The van der Waals surface area contributed by atoms with Crippen molar-refractivity contribution in [3.63, 3.8) is 0 Å². The first-order chi connectivity index (χ1) is 8.15. The zero-order valence-electron chi connectivity index (χ0n) is 10.6. The number of aromatic nitrogens is 2. The van der Waals surface area contributed by atoms with Crippen molar-refractivity contribution >= 4 is 0 Å². The molecule has 1 aromatic heterocycles. The molecule has 17 heavy (non-hydrogen) atoms. The van der Waals surface area contributed by atoms with Gasteiger partial charge in [0.05, 0.1) is 11.9 Å². The van der Waals surface area contributed by atoms with E-state index in [0.717, 1.165) is 5.92 Å². The highest BCUT2D eigenvalue weighted by atomic mass is 15.3. The van der Waals surface area contributed by atoms with E-state index in [-0.39, 0.29) is 0 Å². The molecule has 2 aromatic rings. The van der Waals surface area contributed by atoms with E-state index in [1.807, 2.05) is 10.9 Å². The van der Waals surface area contributed by atoms with Crippen LogP contribution in [0.2, 0.25) is 0 Å². The molecule has 1 aliphatic rings. The lowest BCUT2D eigenvalue weighted by Gasteiger charge is -2.27. The molecule has 0 saturated carbocycles. The molecule has 0 bridgehead atoms. The monoisotopic (exact) mass is 226 g/mol. The Morgan fingerprint density at radius 2 is 2.18 bits per heavy atom. The first kappa shape index (κ1) is 10.6. The van der Waals surface area contributed by atoms with Crippen LogP contribution in [0.5, 0.6) is 0 Å². The highest BCUT2D eigenvalue weighted by molar-refractivity contribution is 5.47. The van der Waals surface area contributed by atoms with Crippen molar-refractivity contribution < 1.29 is 0 Å². The van der Waals surface area contributed by atoms with E-state index in [2.05, 4.69) is 50.3 Å². The standard InChI is InChI=1S/C15H18N2/c1-10(2)13-8-16-17(9-13)14-4-5-15-11(3)6-12(15)7-14/h4-5,7-11H,6H2,1-3H3. The zero-order valence-corrected chi connectivity index (χ0v) is 10.6. The van der Waals surface area contributed by atoms with Gasteiger partial charge in [-0.1, -0.05) is 26.8 Å². The molecule has 0 N–H and O–H groups in total. The molecule has 0 radical (unpaired) electrons. The van der Waals surface area contributed by atoms with E-state index >= 15 is 0 Å². The van der Waals surface area contributed by atoms with Crippen LogP contribution < -0.4 is 0 Å². The first-order valence-electron chi connectivity index (χ1n) is 6.33. The Labute approximate surface area is 102 Å². The van der Waals surface area contributed by atoms with Crippen LogP contribution in [0.4, 0.5) is 0 Å². The summed E-state index contributed by atoms with van der Waals surface area (Å²) in [7, 11) is 0. The summed E-state index contributed by atoms with van der Waals surface area (Å²) in [6, 6.07) is 6.69. The van der Waals surface area contributed by atoms with Gasteiger partial charge < -0.3 is 0 Å². The Hall–Kier alpha value is -1.57. The van der Waals surface area contributed by atoms with Gasteiger partial charge in [-0.25, -0.2) is 4.68 Å². The highest BCUT2D eigenvalue weighted by Crippen LogP contribution is 2.35. The zero-order chi connectivity index (χ0) is 12.0. The van der Waals surface area contributed by atoms with Crippen molar-refractivity contribution in [3.8, 4) is 5.69 Å². The maximum atomic E-state index is 4.44. The second kappa shape index (κ2) is 3.73. The lowest BCUT2D eigenvalue weighted by Crippen LogP contribution is -2.14. The fourth-order valence-electron chi connectivity index (χ4n) is 2.48. The van der Waals surface area contributed by atoms with Gasteiger partial charge in [0.1, 0.15) is 0 Å². The third-order valence-electron chi connectivity index (χ3n) is 3.72. The molecule has 2 heteroatoms. The minimum absolute atomic E-state index is 0.537. The quantitative estimate of drug-likeness (QED) is 0.764. The van der Waals surface area contributed by atoms with E-state index in [0.29, 0.717) is 5.92 Å². The minimum Gasteiger partial charge on any atom is -0.241 e. The summed E-state index contributed by atoms with van der Waals surface area (Å²) in [4.78, 5) is 0. The molecule has 1 aromatic carbocycles. The lowest BCUT2D eigenvalue weighted by atomic mass is 9.79. The fourth-order valence-corrected chi connectivity index (χ4v) is 2.48. The normalized spacial score (nSPS) is 18.0. The van der Waals surface area contributed by atoms with Crippen molar-refractivity contribution in [1.29, 1.82) is 0 Å². The number of hydrogen-bond donors (Lipinski definition) is 0. The fraction of sp³-hybridized carbons (Fsp3) is 0.400. The molecular formula is C15H18N2. The smallest absolute Gasteiger partial charge is 0.0648 e. The molecule has 0 saturated heterocycles. The molecule has 3 rings (SSSR count). The SMILES string of the molecule is CC(C)c1cnn(-c2ccc3c(c2)CC3C)c1. The number of fused-ring (bicyclic) bond motifs is 1. The third-order valence-corrected chi connectivity index (χ3v) is 3.72. The molecular weight excluding hydrogens is 208 g/mol. The summed E-state index contributed by atoms with van der Waals surface area (Å²) < 4.78 is 1.98. The van der Waals surface area contributed by atoms with E-state index in [9.17, 15) is 0 Å². The number of hydrogen-bond acceptors (Lipinski definition) is 1. The van der Waals surface area contributed by atoms with E-state index in [1.165, 1.54) is 28.8 Å². The van der Waals surface area contributed by atoms with Gasteiger partial charge in [-0.05, 0) is 47.1 Å². The molecule has 0 aliphatic heterocycles. The Kier molecular flexibility index (Phi) is 2.32. The lowest BCUT2D eigenvalue weighted by molar-refractivity contribution is 0.665. The Morgan fingerprint density at radius 3 is 2.76 bits per heavy atom. The molecule has 2 nitrogen and oxygen atoms in total. The van der Waals surface area contributed by atoms with Crippen LogP contribution in [0.15, 0.2) is 30.6 Å². The summed E-state index contributed by atoms with van der Waals surface area (Å²) in [6.45, 7) is 6.67. The van der Waals surface area contributed by atoms with E-state index < -0.39 is 0 Å². The number of nitrogens with zero attached hydrogens (tertiary/aromatic N) is 2. The van der Waals surface area contributed by atoms with E-state index in [1.54, 1.807) is 0 Å². The summed E-state index contributed by atoms with van der Waals surface area (Å²) in [5.41, 5.74) is 5.46. The second-order valence-electron chi connectivity index (χ2n) is 5.36. The van der Waals surface area contributed by atoms with Crippen molar-refractivity contribution in [2.45, 2.75) is 39.0 Å². The van der Waals surface area contributed by atoms with Crippen molar-refractivity contribution in [3.05, 3.63) is 47.3 Å². The van der Waals surface area contributed by atoms with Crippen LogP contribution in [0.25, 0.3) is 5.69 Å². The molecule has 0 amide bonds. The number of benzene rings is 1. The van der Waals surface area contributed by atoms with Gasteiger partial charge in [-0.3, -0.25) is 0 Å². The van der Waals surface area contributed by atoms with Gasteiger partial charge in [0.15, 0.2) is 0 Å². The van der Waals surface area contributed by atoms with Gasteiger partial charge in [0.25, 0.3) is 0 Å². The van der Waals surface area contributed by atoms with Gasteiger partial charge in [-0.2, -0.15) is 5.10 Å². The highest BCUT2D eigenvalue weighted by Gasteiger charge is 2.21. The van der Waals surface area contributed by atoms with Crippen LogP contribution in [-0.4, -0.2) is 9.78 Å². The molecule has 1 aliphatic carbocycles. The number of rotatable bonds is 2. The van der Waals surface area contributed by atoms with Gasteiger partial charge in [0.2, 0.25) is 0 Å². The Balaban J connectivity index is 1.95. The molecule has 1 heterocycles. The molecule has 1 atom stereocenters. The van der Waals surface area contributed by atoms with Crippen LogP contribution in [0.1, 0.15) is 49.3 Å². The van der Waals surface area contributed by atoms with Crippen molar-refractivity contribution in [2.24, 2.45) is 0 Å². The third kappa shape index (κ3) is 1.68. The predicted octanol–water partition coefficient (Wildman–Crippen LogP) is 3.66. The summed E-state index contributed by atoms with van der Waals surface area (Å²) >= 11 is 0. The van der Waals surface area contributed by atoms with Crippen LogP contribution in [-0.2, 0) is 6.42 Å². The summed E-state index contributed by atoms with van der Waals surface area (Å²) in [5.74, 6) is 1.28. The van der Waals surface area contributed by atoms with Crippen LogP contribution >= 0.6 is 0 Å². The van der Waals surface area contributed by atoms with Gasteiger partial charge in [0, 0.05) is 6.20 Å². The van der Waals surface area contributed by atoms with Gasteiger partial charge in [-0.15, -0.1) is 0 Å². The maximum absolute atomic E-state index is 4.44. The predicted molar refractivity (Wildman–Crippen MR) is 69.8 cm³/mol. The van der Waals surface area contributed by atoms with Gasteiger partial charge >= 0.3 is 0 Å². The van der Waals surface area contributed by atoms with Crippen LogP contribution in [0, 0.1) is 0 Å². The summed E-state index contributed by atoms with van der Waals surface area (Å²) in [5, 5.41) is 4.44. The molecule has 0 spiro atoms.